The molecule has 2 N–H and O–H groups in total. The Hall–Kier alpha value is -0.610. The summed E-state index contributed by atoms with van der Waals surface area (Å²) in [4.78, 5) is 11.2. The first-order chi connectivity index (χ1) is 7.45. The van der Waals surface area contributed by atoms with E-state index in [0.717, 1.165) is 6.42 Å². The van der Waals surface area contributed by atoms with Crippen LogP contribution in [-0.4, -0.2) is 36.4 Å². The molecule has 0 radical (unpaired) electrons. The molecule has 0 aliphatic carbocycles. The fourth-order valence-electron chi connectivity index (χ4n) is 1.51. The van der Waals surface area contributed by atoms with Crippen molar-refractivity contribution in [3.8, 4) is 0 Å². The summed E-state index contributed by atoms with van der Waals surface area (Å²) < 4.78 is 4.84. The molecule has 2 unspecified atom stereocenters. The quantitative estimate of drug-likeness (QED) is 0.619. The molecule has 0 spiro atoms. The van der Waals surface area contributed by atoms with Gasteiger partial charge in [-0.1, -0.05) is 13.8 Å². The largest absolute Gasteiger partial charge is 0.466 e. The summed E-state index contributed by atoms with van der Waals surface area (Å²) in [7, 11) is 0. The van der Waals surface area contributed by atoms with Crippen LogP contribution in [0, 0.1) is 5.92 Å². The van der Waals surface area contributed by atoms with Gasteiger partial charge in [0.05, 0.1) is 19.1 Å². The van der Waals surface area contributed by atoms with Crippen LogP contribution in [0.4, 0.5) is 0 Å². The van der Waals surface area contributed by atoms with Gasteiger partial charge in [-0.3, -0.25) is 4.79 Å². The van der Waals surface area contributed by atoms with E-state index in [-0.39, 0.29) is 18.1 Å². The molecule has 0 bridgehead atoms. The molecule has 0 saturated heterocycles. The highest BCUT2D eigenvalue weighted by molar-refractivity contribution is 5.69. The second-order valence-electron chi connectivity index (χ2n) is 4.60. The lowest BCUT2D eigenvalue weighted by atomic mass is 10.1. The standard InChI is InChI=1S/C12H25NO3/c1-5-16-12(15)7-10(4)13-8-11(14)6-9(2)3/h9-11,13-14H,5-8H2,1-4H3. The molecule has 16 heavy (non-hydrogen) atoms. The number of ether oxygens (including phenoxy) is 1. The lowest BCUT2D eigenvalue weighted by molar-refractivity contribution is -0.143. The molecule has 0 saturated carbocycles. The Morgan fingerprint density at radius 2 is 2.00 bits per heavy atom. The van der Waals surface area contributed by atoms with Gasteiger partial charge in [-0.25, -0.2) is 0 Å². The van der Waals surface area contributed by atoms with Crippen LogP contribution in [0.2, 0.25) is 0 Å². The molecule has 0 aromatic carbocycles. The molecule has 0 heterocycles. The van der Waals surface area contributed by atoms with Crippen molar-refractivity contribution in [1.82, 2.24) is 5.32 Å². The van der Waals surface area contributed by atoms with Gasteiger partial charge in [0.25, 0.3) is 0 Å². The number of nitrogens with one attached hydrogen (secondary N) is 1. The van der Waals surface area contributed by atoms with Gasteiger partial charge in [0.2, 0.25) is 0 Å². The molecule has 0 fully saturated rings. The van der Waals surface area contributed by atoms with Crippen LogP contribution in [0.15, 0.2) is 0 Å². The zero-order valence-electron chi connectivity index (χ0n) is 10.8. The van der Waals surface area contributed by atoms with E-state index in [0.29, 0.717) is 25.5 Å². The van der Waals surface area contributed by atoms with Crippen molar-refractivity contribution in [2.75, 3.05) is 13.2 Å². The van der Waals surface area contributed by atoms with Crippen molar-refractivity contribution >= 4 is 5.97 Å². The number of carbonyl (C=O) groups excluding carboxylic acids is 1. The molecule has 0 aromatic heterocycles. The third-order valence-corrected chi connectivity index (χ3v) is 2.22. The molecule has 0 aliphatic rings. The normalized spacial score (nSPS) is 14.9. The highest BCUT2D eigenvalue weighted by Gasteiger charge is 2.12. The molecule has 0 aromatic rings. The Morgan fingerprint density at radius 1 is 1.38 bits per heavy atom. The topological polar surface area (TPSA) is 58.6 Å². The van der Waals surface area contributed by atoms with Gasteiger partial charge in [0.15, 0.2) is 0 Å². The number of esters is 1. The van der Waals surface area contributed by atoms with Gasteiger partial charge in [-0.05, 0) is 26.2 Å². The molecular weight excluding hydrogens is 206 g/mol. The number of rotatable bonds is 8. The molecule has 96 valence electrons. The predicted octanol–water partition coefficient (Wildman–Crippen LogP) is 1.32. The summed E-state index contributed by atoms with van der Waals surface area (Å²) in [6, 6.07) is 0.0425. The second kappa shape index (κ2) is 8.53. The Balaban J connectivity index is 3.63. The Kier molecular flexibility index (Phi) is 8.21. The van der Waals surface area contributed by atoms with Crippen LogP contribution in [0.1, 0.15) is 40.5 Å². The number of hydrogen-bond acceptors (Lipinski definition) is 4. The van der Waals surface area contributed by atoms with E-state index < -0.39 is 0 Å². The first-order valence-electron chi connectivity index (χ1n) is 6.02. The minimum Gasteiger partial charge on any atom is -0.466 e. The maximum absolute atomic E-state index is 11.2. The molecule has 2 atom stereocenters. The average molecular weight is 231 g/mol. The fourth-order valence-corrected chi connectivity index (χ4v) is 1.51. The lowest BCUT2D eigenvalue weighted by Gasteiger charge is -2.17. The van der Waals surface area contributed by atoms with E-state index in [2.05, 4.69) is 19.2 Å². The van der Waals surface area contributed by atoms with Crippen LogP contribution in [0.3, 0.4) is 0 Å². The Labute approximate surface area is 98.4 Å². The minimum absolute atomic E-state index is 0.0425. The van der Waals surface area contributed by atoms with Crippen molar-refractivity contribution in [3.05, 3.63) is 0 Å². The molecular formula is C12H25NO3. The predicted molar refractivity (Wildman–Crippen MR) is 64.2 cm³/mol. The lowest BCUT2D eigenvalue weighted by Crippen LogP contribution is -2.36. The molecule has 0 rings (SSSR count). The van der Waals surface area contributed by atoms with E-state index >= 15 is 0 Å². The molecule has 0 aliphatic heterocycles. The first kappa shape index (κ1) is 15.4. The van der Waals surface area contributed by atoms with E-state index in [1.807, 2.05) is 6.92 Å². The van der Waals surface area contributed by atoms with Crippen LogP contribution < -0.4 is 5.32 Å². The van der Waals surface area contributed by atoms with E-state index in [9.17, 15) is 9.90 Å². The summed E-state index contributed by atoms with van der Waals surface area (Å²) in [5, 5.41) is 12.8. The maximum Gasteiger partial charge on any atom is 0.307 e. The van der Waals surface area contributed by atoms with Crippen LogP contribution >= 0.6 is 0 Å². The van der Waals surface area contributed by atoms with E-state index in [1.165, 1.54) is 0 Å². The summed E-state index contributed by atoms with van der Waals surface area (Å²) in [6.45, 7) is 8.80. The summed E-state index contributed by atoms with van der Waals surface area (Å²) in [6.07, 6.45) is 0.783. The van der Waals surface area contributed by atoms with Gasteiger partial charge >= 0.3 is 5.97 Å². The van der Waals surface area contributed by atoms with E-state index in [4.69, 9.17) is 4.74 Å². The molecule has 0 amide bonds. The SMILES string of the molecule is CCOC(=O)CC(C)NCC(O)CC(C)C. The van der Waals surface area contributed by atoms with Crippen molar-refractivity contribution in [2.45, 2.75) is 52.7 Å². The highest BCUT2D eigenvalue weighted by atomic mass is 16.5. The van der Waals surface area contributed by atoms with Crippen molar-refractivity contribution in [3.63, 3.8) is 0 Å². The van der Waals surface area contributed by atoms with Gasteiger partial charge in [0, 0.05) is 12.6 Å². The third kappa shape index (κ3) is 8.68. The Bertz CT molecular complexity index is 195. The number of hydrogen-bond donors (Lipinski definition) is 2. The van der Waals surface area contributed by atoms with Crippen molar-refractivity contribution < 1.29 is 14.6 Å². The van der Waals surface area contributed by atoms with Crippen LogP contribution in [0.5, 0.6) is 0 Å². The summed E-state index contributed by atoms with van der Waals surface area (Å²) in [5.74, 6) is 0.290. The second-order valence-corrected chi connectivity index (χ2v) is 4.60. The Morgan fingerprint density at radius 3 is 2.50 bits per heavy atom. The minimum atomic E-state index is -0.343. The molecule has 4 heteroatoms. The zero-order chi connectivity index (χ0) is 12.6. The van der Waals surface area contributed by atoms with Crippen molar-refractivity contribution in [2.24, 2.45) is 5.92 Å². The summed E-state index contributed by atoms with van der Waals surface area (Å²) in [5.41, 5.74) is 0. The van der Waals surface area contributed by atoms with Crippen LogP contribution in [0.25, 0.3) is 0 Å². The number of aliphatic hydroxyl groups excluding tert-OH is 1. The van der Waals surface area contributed by atoms with Gasteiger partial charge < -0.3 is 15.2 Å². The van der Waals surface area contributed by atoms with E-state index in [1.54, 1.807) is 6.92 Å². The summed E-state index contributed by atoms with van der Waals surface area (Å²) >= 11 is 0. The first-order valence-corrected chi connectivity index (χ1v) is 6.02. The molecule has 4 nitrogen and oxygen atoms in total. The van der Waals surface area contributed by atoms with Crippen LogP contribution in [-0.2, 0) is 9.53 Å². The smallest absolute Gasteiger partial charge is 0.307 e. The highest BCUT2D eigenvalue weighted by Crippen LogP contribution is 2.04. The maximum atomic E-state index is 11.2. The number of carbonyl (C=O) groups is 1. The number of aliphatic hydroxyl groups is 1. The van der Waals surface area contributed by atoms with Gasteiger partial charge in [0.1, 0.15) is 0 Å². The zero-order valence-corrected chi connectivity index (χ0v) is 10.8. The third-order valence-electron chi connectivity index (χ3n) is 2.22. The van der Waals surface area contributed by atoms with Gasteiger partial charge in [-0.15, -0.1) is 0 Å². The fraction of sp³-hybridized carbons (Fsp3) is 0.917. The van der Waals surface area contributed by atoms with Gasteiger partial charge in [-0.2, -0.15) is 0 Å². The monoisotopic (exact) mass is 231 g/mol. The average Bonchev–Trinajstić information content (AvgIpc) is 2.14. The van der Waals surface area contributed by atoms with Crippen molar-refractivity contribution in [1.29, 1.82) is 0 Å².